The van der Waals surface area contributed by atoms with Crippen molar-refractivity contribution < 1.29 is 9.59 Å². The molecular weight excluding hydrogens is 280 g/mol. The van der Waals surface area contributed by atoms with E-state index in [2.05, 4.69) is 0 Å². The van der Waals surface area contributed by atoms with Gasteiger partial charge < -0.3 is 0 Å². The number of para-hydroxylation sites is 2. The molecule has 0 atom stereocenters. The zero-order chi connectivity index (χ0) is 15.9. The fraction of sp³-hybridized carbons (Fsp3) is 0.125. The van der Waals surface area contributed by atoms with E-state index in [1.165, 1.54) is 0 Å². The highest BCUT2D eigenvalue weighted by molar-refractivity contribution is 5.98. The zero-order valence-electron chi connectivity index (χ0n) is 12.1. The van der Waals surface area contributed by atoms with Gasteiger partial charge in [0.15, 0.2) is 0 Å². The highest BCUT2D eigenvalue weighted by Crippen LogP contribution is 2.13. The summed E-state index contributed by atoms with van der Waals surface area (Å²) in [5, 5.41) is 2.08. The molecule has 0 aliphatic rings. The molecule has 0 radical (unpaired) electrons. The van der Waals surface area contributed by atoms with Crippen molar-refractivity contribution in [1.82, 2.24) is 0 Å². The molecule has 22 heavy (non-hydrogen) atoms. The summed E-state index contributed by atoms with van der Waals surface area (Å²) in [6, 6.07) is 17.7. The Bertz CT molecular complexity index is 574. The van der Waals surface area contributed by atoms with Crippen molar-refractivity contribution in [3.63, 3.8) is 0 Å². The third-order valence-electron chi connectivity index (χ3n) is 3.16. The van der Waals surface area contributed by atoms with Crippen LogP contribution in [0.15, 0.2) is 60.7 Å². The third kappa shape index (κ3) is 3.91. The summed E-state index contributed by atoms with van der Waals surface area (Å²) >= 11 is 0. The molecule has 0 aromatic heterocycles. The fourth-order valence-electron chi connectivity index (χ4n) is 1.92. The lowest BCUT2D eigenvalue weighted by Crippen LogP contribution is -2.40. The normalized spacial score (nSPS) is 10.1. The first kappa shape index (κ1) is 15.7. The van der Waals surface area contributed by atoms with Gasteiger partial charge in [-0.05, 0) is 24.3 Å². The predicted molar refractivity (Wildman–Crippen MR) is 85.5 cm³/mol. The summed E-state index contributed by atoms with van der Waals surface area (Å²) in [7, 11) is 0. The Morgan fingerprint density at radius 1 is 0.682 bits per heavy atom. The quantitative estimate of drug-likeness (QED) is 0.498. The second-order valence-corrected chi connectivity index (χ2v) is 4.70. The number of benzene rings is 2. The van der Waals surface area contributed by atoms with Crippen molar-refractivity contribution in [2.45, 2.75) is 12.8 Å². The number of hydrogen-bond acceptors (Lipinski definition) is 4. The number of hydrogen-bond donors (Lipinski definition) is 2. The Kier molecular flexibility index (Phi) is 5.24. The van der Waals surface area contributed by atoms with Crippen LogP contribution < -0.4 is 21.7 Å². The third-order valence-corrected chi connectivity index (χ3v) is 3.16. The fourth-order valence-corrected chi connectivity index (χ4v) is 1.92. The van der Waals surface area contributed by atoms with E-state index < -0.39 is 0 Å². The molecule has 0 bridgehead atoms. The smallest absolute Gasteiger partial charge is 0.241 e. The summed E-state index contributed by atoms with van der Waals surface area (Å²) in [5.41, 5.74) is 1.15. The number of nitrogens with zero attached hydrogens (tertiary/aromatic N) is 2. The minimum atomic E-state index is -0.346. The molecule has 2 aromatic rings. The van der Waals surface area contributed by atoms with Crippen LogP contribution in [0.5, 0.6) is 0 Å². The van der Waals surface area contributed by atoms with Gasteiger partial charge in [0, 0.05) is 12.8 Å². The van der Waals surface area contributed by atoms with E-state index in [1.54, 1.807) is 48.5 Å². The number of rotatable bonds is 5. The maximum absolute atomic E-state index is 12.0. The lowest BCUT2D eigenvalue weighted by atomic mass is 10.2. The number of anilines is 2. The van der Waals surface area contributed by atoms with Crippen LogP contribution in [0, 0.1) is 0 Å². The Morgan fingerprint density at radius 2 is 1.00 bits per heavy atom. The van der Waals surface area contributed by atoms with Gasteiger partial charge in [-0.3, -0.25) is 9.59 Å². The highest BCUT2D eigenvalue weighted by atomic mass is 16.2. The van der Waals surface area contributed by atoms with Gasteiger partial charge in [0.2, 0.25) is 11.8 Å². The van der Waals surface area contributed by atoms with Crippen LogP contribution in [-0.2, 0) is 9.59 Å². The minimum absolute atomic E-state index is 0.00917. The van der Waals surface area contributed by atoms with Crippen molar-refractivity contribution in [3.05, 3.63) is 60.7 Å². The van der Waals surface area contributed by atoms with Gasteiger partial charge in [0.05, 0.1) is 11.4 Å². The number of carbonyl (C=O) groups is 2. The maximum Gasteiger partial charge on any atom is 0.241 e. The van der Waals surface area contributed by atoms with Gasteiger partial charge >= 0.3 is 0 Å². The van der Waals surface area contributed by atoms with Crippen molar-refractivity contribution in [2.75, 3.05) is 10.0 Å². The molecule has 2 rings (SSSR count). The summed E-state index contributed by atoms with van der Waals surface area (Å²) in [6.45, 7) is 0. The Balaban J connectivity index is 1.89. The lowest BCUT2D eigenvalue weighted by Gasteiger charge is -2.19. The molecule has 0 heterocycles. The molecule has 6 heteroatoms. The van der Waals surface area contributed by atoms with E-state index in [0.29, 0.717) is 11.4 Å². The lowest BCUT2D eigenvalue weighted by molar-refractivity contribution is -0.123. The Hall–Kier alpha value is -2.70. The van der Waals surface area contributed by atoms with Gasteiger partial charge in [-0.15, -0.1) is 0 Å². The second kappa shape index (κ2) is 7.35. The second-order valence-electron chi connectivity index (χ2n) is 4.70. The SMILES string of the molecule is NN(C(=O)CCC(=O)N(N)c1ccccc1)c1ccccc1. The number of carbonyl (C=O) groups excluding carboxylic acids is 2. The molecule has 0 fully saturated rings. The van der Waals surface area contributed by atoms with E-state index >= 15 is 0 Å². The van der Waals surface area contributed by atoms with E-state index in [1.807, 2.05) is 12.1 Å². The average Bonchev–Trinajstić information content (AvgIpc) is 2.59. The first-order valence-electron chi connectivity index (χ1n) is 6.85. The molecule has 0 aliphatic heterocycles. The van der Waals surface area contributed by atoms with E-state index in [0.717, 1.165) is 10.0 Å². The zero-order valence-corrected chi connectivity index (χ0v) is 12.1. The summed E-state index contributed by atoms with van der Waals surface area (Å²) in [6.07, 6.45) is -0.0183. The molecule has 4 N–H and O–H groups in total. The van der Waals surface area contributed by atoms with Crippen LogP contribution in [-0.4, -0.2) is 11.8 Å². The van der Waals surface area contributed by atoms with Gasteiger partial charge in [-0.1, -0.05) is 36.4 Å². The standard InChI is InChI=1S/C16H18N4O2/c17-19(13-7-3-1-4-8-13)15(21)11-12-16(22)20(18)14-9-5-2-6-10-14/h1-10H,11-12,17-18H2. The predicted octanol–water partition coefficient (Wildman–Crippen LogP) is 1.58. The average molecular weight is 298 g/mol. The molecule has 6 nitrogen and oxygen atoms in total. The van der Waals surface area contributed by atoms with Gasteiger partial charge in [-0.25, -0.2) is 21.7 Å². The minimum Gasteiger partial charge on any atom is -0.273 e. The monoisotopic (exact) mass is 298 g/mol. The molecule has 0 saturated heterocycles. The van der Waals surface area contributed by atoms with Gasteiger partial charge in [0.25, 0.3) is 0 Å². The largest absolute Gasteiger partial charge is 0.273 e. The van der Waals surface area contributed by atoms with Crippen LogP contribution in [0.3, 0.4) is 0 Å². The van der Waals surface area contributed by atoms with Crippen LogP contribution in [0.1, 0.15) is 12.8 Å². The molecule has 0 aliphatic carbocycles. The summed E-state index contributed by atoms with van der Waals surface area (Å²) in [5.74, 6) is 10.8. The number of amides is 2. The molecule has 0 spiro atoms. The van der Waals surface area contributed by atoms with E-state index in [4.69, 9.17) is 11.7 Å². The molecule has 0 saturated carbocycles. The molecular formula is C16H18N4O2. The van der Waals surface area contributed by atoms with Crippen molar-refractivity contribution in [2.24, 2.45) is 11.7 Å². The van der Waals surface area contributed by atoms with E-state index in [9.17, 15) is 9.59 Å². The van der Waals surface area contributed by atoms with Crippen LogP contribution in [0.25, 0.3) is 0 Å². The molecule has 0 unspecified atom stereocenters. The maximum atomic E-state index is 12.0. The molecule has 114 valence electrons. The van der Waals surface area contributed by atoms with Crippen LogP contribution in [0.2, 0.25) is 0 Å². The molecule has 2 amide bonds. The van der Waals surface area contributed by atoms with Crippen molar-refractivity contribution in [3.8, 4) is 0 Å². The van der Waals surface area contributed by atoms with Crippen LogP contribution >= 0.6 is 0 Å². The number of nitrogens with two attached hydrogens (primary N) is 2. The topological polar surface area (TPSA) is 92.7 Å². The first-order valence-corrected chi connectivity index (χ1v) is 6.85. The van der Waals surface area contributed by atoms with Gasteiger partial charge in [-0.2, -0.15) is 0 Å². The first-order chi connectivity index (χ1) is 10.6. The Labute approximate surface area is 128 Å². The van der Waals surface area contributed by atoms with Crippen molar-refractivity contribution >= 4 is 23.2 Å². The highest BCUT2D eigenvalue weighted by Gasteiger charge is 2.16. The Morgan fingerprint density at radius 3 is 1.32 bits per heavy atom. The summed E-state index contributed by atoms with van der Waals surface area (Å²) < 4.78 is 0. The van der Waals surface area contributed by atoms with Crippen molar-refractivity contribution in [1.29, 1.82) is 0 Å². The van der Waals surface area contributed by atoms with E-state index in [-0.39, 0.29) is 24.7 Å². The summed E-state index contributed by atoms with van der Waals surface area (Å²) in [4.78, 5) is 24.0. The number of hydrazine groups is 2. The van der Waals surface area contributed by atoms with Gasteiger partial charge in [0.1, 0.15) is 0 Å². The van der Waals surface area contributed by atoms with Crippen LogP contribution in [0.4, 0.5) is 11.4 Å². The molecule has 2 aromatic carbocycles.